The summed E-state index contributed by atoms with van der Waals surface area (Å²) in [5.41, 5.74) is 0.806. The fourth-order valence-electron chi connectivity index (χ4n) is 2.46. The average Bonchev–Trinajstić information content (AvgIpc) is 2.36. The number of rotatable bonds is 8. The molecule has 1 aromatic carbocycles. The molecule has 0 heterocycles. The smallest absolute Gasteiger partial charge is 0.124 e. The Balaban J connectivity index is 2.56. The van der Waals surface area contributed by atoms with Gasteiger partial charge in [0.1, 0.15) is 11.5 Å². The van der Waals surface area contributed by atoms with Crippen LogP contribution in [0.25, 0.3) is 0 Å². The van der Waals surface area contributed by atoms with Crippen LogP contribution >= 0.6 is 0 Å². The van der Waals surface area contributed by atoms with E-state index in [0.29, 0.717) is 5.56 Å². The van der Waals surface area contributed by atoms with Crippen LogP contribution in [0.4, 0.5) is 0 Å². The third kappa shape index (κ3) is 5.04. The van der Waals surface area contributed by atoms with Crippen LogP contribution in [0.3, 0.4) is 0 Å². The van der Waals surface area contributed by atoms with Gasteiger partial charge in [-0.25, -0.2) is 0 Å². The minimum Gasteiger partial charge on any atom is -0.507 e. The van der Waals surface area contributed by atoms with Crippen molar-refractivity contribution in [1.29, 1.82) is 0 Å². The summed E-state index contributed by atoms with van der Waals surface area (Å²) in [6.07, 6.45) is 4.96. The molecule has 3 nitrogen and oxygen atoms in total. The molecule has 20 heavy (non-hydrogen) atoms. The summed E-state index contributed by atoms with van der Waals surface area (Å²) in [5, 5.41) is 23.2. The first-order chi connectivity index (χ1) is 9.37. The van der Waals surface area contributed by atoms with Gasteiger partial charge in [-0.3, -0.25) is 0 Å². The van der Waals surface area contributed by atoms with Crippen LogP contribution in [-0.4, -0.2) is 16.8 Å². The number of phenolic OH excluding ortho intramolecular Hbond substituents is 2. The van der Waals surface area contributed by atoms with E-state index in [1.807, 2.05) is 6.92 Å². The third-order valence-electron chi connectivity index (χ3n) is 3.84. The van der Waals surface area contributed by atoms with E-state index in [9.17, 15) is 10.2 Å². The molecule has 0 aliphatic rings. The maximum absolute atomic E-state index is 9.86. The molecular weight excluding hydrogens is 250 g/mol. The van der Waals surface area contributed by atoms with E-state index in [-0.39, 0.29) is 23.0 Å². The SMILES string of the molecule is CCCCCC(C)(C)CNC(C)c1c(O)cccc1O. The molecule has 1 unspecified atom stereocenters. The lowest BCUT2D eigenvalue weighted by atomic mass is 9.86. The molecule has 0 radical (unpaired) electrons. The fraction of sp³-hybridized carbons (Fsp3) is 0.647. The van der Waals surface area contributed by atoms with Gasteiger partial charge in [-0.05, 0) is 30.9 Å². The van der Waals surface area contributed by atoms with Crippen molar-refractivity contribution >= 4 is 0 Å². The second-order valence-electron chi connectivity index (χ2n) is 6.43. The van der Waals surface area contributed by atoms with Crippen LogP contribution in [0, 0.1) is 5.41 Å². The summed E-state index contributed by atoms with van der Waals surface area (Å²) < 4.78 is 0. The van der Waals surface area contributed by atoms with E-state index in [1.165, 1.54) is 25.7 Å². The van der Waals surface area contributed by atoms with Crippen molar-refractivity contribution in [2.75, 3.05) is 6.54 Å². The van der Waals surface area contributed by atoms with Crippen LogP contribution in [-0.2, 0) is 0 Å². The summed E-state index contributed by atoms with van der Waals surface area (Å²) in [5.74, 6) is 0.294. The van der Waals surface area contributed by atoms with Crippen molar-refractivity contribution in [2.24, 2.45) is 5.41 Å². The molecule has 0 saturated heterocycles. The molecule has 1 aromatic rings. The lowest BCUT2D eigenvalue weighted by Crippen LogP contribution is -2.31. The van der Waals surface area contributed by atoms with E-state index in [2.05, 4.69) is 26.1 Å². The summed E-state index contributed by atoms with van der Waals surface area (Å²) >= 11 is 0. The lowest BCUT2D eigenvalue weighted by molar-refractivity contribution is 0.287. The highest BCUT2D eigenvalue weighted by molar-refractivity contribution is 5.44. The van der Waals surface area contributed by atoms with Gasteiger partial charge in [0, 0.05) is 12.6 Å². The van der Waals surface area contributed by atoms with Gasteiger partial charge in [-0.2, -0.15) is 0 Å². The Bertz CT molecular complexity index is 395. The van der Waals surface area contributed by atoms with Gasteiger partial charge in [0.15, 0.2) is 0 Å². The van der Waals surface area contributed by atoms with Crippen molar-refractivity contribution in [3.8, 4) is 11.5 Å². The van der Waals surface area contributed by atoms with Gasteiger partial charge in [0.2, 0.25) is 0 Å². The molecule has 1 atom stereocenters. The summed E-state index contributed by atoms with van der Waals surface area (Å²) in [6, 6.07) is 4.80. The molecule has 0 spiro atoms. The Kier molecular flexibility index (Phi) is 6.34. The lowest BCUT2D eigenvalue weighted by Gasteiger charge is -2.28. The number of phenols is 2. The van der Waals surface area contributed by atoms with Crippen molar-refractivity contribution < 1.29 is 10.2 Å². The number of unbranched alkanes of at least 4 members (excludes halogenated alkanes) is 2. The van der Waals surface area contributed by atoms with Crippen molar-refractivity contribution in [2.45, 2.75) is 59.4 Å². The zero-order chi connectivity index (χ0) is 15.2. The maximum Gasteiger partial charge on any atom is 0.124 e. The summed E-state index contributed by atoms with van der Waals surface area (Å²) in [7, 11) is 0. The fourth-order valence-corrected chi connectivity index (χ4v) is 2.46. The molecule has 0 fully saturated rings. The number of benzene rings is 1. The number of hydrogen-bond acceptors (Lipinski definition) is 3. The molecular formula is C17H29NO2. The first-order valence-corrected chi connectivity index (χ1v) is 7.61. The van der Waals surface area contributed by atoms with Crippen LogP contribution in [0.15, 0.2) is 18.2 Å². The predicted octanol–water partition coefficient (Wildman–Crippen LogP) is 4.35. The highest BCUT2D eigenvalue weighted by Crippen LogP contribution is 2.33. The Hall–Kier alpha value is -1.22. The van der Waals surface area contributed by atoms with Gasteiger partial charge in [0.25, 0.3) is 0 Å². The Morgan fingerprint density at radius 3 is 2.30 bits per heavy atom. The highest BCUT2D eigenvalue weighted by Gasteiger charge is 2.20. The molecule has 3 N–H and O–H groups in total. The van der Waals surface area contributed by atoms with E-state index in [1.54, 1.807) is 18.2 Å². The Labute approximate surface area is 123 Å². The minimum absolute atomic E-state index is 0.0679. The van der Waals surface area contributed by atoms with Crippen LogP contribution < -0.4 is 5.32 Å². The van der Waals surface area contributed by atoms with E-state index in [0.717, 1.165) is 6.54 Å². The normalized spacial score (nSPS) is 13.4. The molecule has 1 rings (SSSR count). The number of nitrogens with one attached hydrogen (secondary N) is 1. The topological polar surface area (TPSA) is 52.5 Å². The predicted molar refractivity (Wildman–Crippen MR) is 84.1 cm³/mol. The number of aromatic hydroxyl groups is 2. The molecule has 0 bridgehead atoms. The second kappa shape index (κ2) is 7.53. The standard InChI is InChI=1S/C17H29NO2/c1-5-6-7-11-17(3,4)12-18-13(2)16-14(19)9-8-10-15(16)20/h8-10,13,18-20H,5-7,11-12H2,1-4H3. The highest BCUT2D eigenvalue weighted by atomic mass is 16.3. The van der Waals surface area contributed by atoms with Gasteiger partial charge < -0.3 is 15.5 Å². The van der Waals surface area contributed by atoms with Crippen molar-refractivity contribution in [3.63, 3.8) is 0 Å². The largest absolute Gasteiger partial charge is 0.507 e. The van der Waals surface area contributed by atoms with E-state index >= 15 is 0 Å². The van der Waals surface area contributed by atoms with Crippen molar-refractivity contribution in [3.05, 3.63) is 23.8 Å². The van der Waals surface area contributed by atoms with Crippen LogP contribution in [0.5, 0.6) is 11.5 Å². The Morgan fingerprint density at radius 1 is 1.15 bits per heavy atom. The molecule has 114 valence electrons. The Morgan fingerprint density at radius 2 is 1.75 bits per heavy atom. The summed E-state index contributed by atoms with van der Waals surface area (Å²) in [6.45, 7) is 9.57. The molecule has 0 amide bonds. The average molecular weight is 279 g/mol. The van der Waals surface area contributed by atoms with E-state index < -0.39 is 0 Å². The van der Waals surface area contributed by atoms with Gasteiger partial charge in [0.05, 0.1) is 5.56 Å². The van der Waals surface area contributed by atoms with Gasteiger partial charge in [-0.15, -0.1) is 0 Å². The maximum atomic E-state index is 9.86. The summed E-state index contributed by atoms with van der Waals surface area (Å²) in [4.78, 5) is 0. The van der Waals surface area contributed by atoms with Gasteiger partial charge >= 0.3 is 0 Å². The molecule has 0 aliphatic carbocycles. The molecule has 0 aliphatic heterocycles. The zero-order valence-electron chi connectivity index (χ0n) is 13.2. The van der Waals surface area contributed by atoms with E-state index in [4.69, 9.17) is 0 Å². The minimum atomic E-state index is -0.0679. The molecule has 0 aromatic heterocycles. The zero-order valence-corrected chi connectivity index (χ0v) is 13.2. The van der Waals surface area contributed by atoms with Crippen LogP contribution in [0.1, 0.15) is 65.0 Å². The second-order valence-corrected chi connectivity index (χ2v) is 6.43. The number of hydrogen-bond donors (Lipinski definition) is 3. The van der Waals surface area contributed by atoms with Gasteiger partial charge in [-0.1, -0.05) is 46.1 Å². The van der Waals surface area contributed by atoms with Crippen molar-refractivity contribution in [1.82, 2.24) is 5.32 Å². The first kappa shape index (κ1) is 16.8. The van der Waals surface area contributed by atoms with Crippen LogP contribution in [0.2, 0.25) is 0 Å². The first-order valence-electron chi connectivity index (χ1n) is 7.61. The quantitative estimate of drug-likeness (QED) is 0.620. The molecule has 3 heteroatoms. The molecule has 0 saturated carbocycles. The monoisotopic (exact) mass is 279 g/mol. The third-order valence-corrected chi connectivity index (χ3v) is 3.84.